The summed E-state index contributed by atoms with van der Waals surface area (Å²) in [6.45, 7) is 7.92. The first kappa shape index (κ1) is 20.6. The molecule has 0 spiro atoms. The molecule has 0 aliphatic rings. The largest absolute Gasteiger partial charge is 0.300 e. The molecule has 0 unspecified atom stereocenters. The van der Waals surface area contributed by atoms with Crippen LogP contribution < -0.4 is 10.4 Å². The molecule has 0 aromatic heterocycles. The second-order valence-electron chi connectivity index (χ2n) is 7.67. The second kappa shape index (κ2) is 10.4. The van der Waals surface area contributed by atoms with Crippen molar-refractivity contribution in [3.8, 4) is 0 Å². The van der Waals surface area contributed by atoms with Crippen molar-refractivity contribution in [2.45, 2.75) is 38.9 Å². The van der Waals surface area contributed by atoms with Crippen molar-refractivity contribution in [3.63, 3.8) is 0 Å². The van der Waals surface area contributed by atoms with Crippen LogP contribution in [0.5, 0.6) is 0 Å². The summed E-state index contributed by atoms with van der Waals surface area (Å²) in [5, 5.41) is 3.16. The fourth-order valence-electron chi connectivity index (χ4n) is 4.35. The molecule has 146 valence electrons. The lowest BCUT2D eigenvalue weighted by Gasteiger charge is -2.35. The van der Waals surface area contributed by atoms with Gasteiger partial charge in [-0.05, 0) is 30.7 Å². The third kappa shape index (κ3) is 5.01. The predicted molar refractivity (Wildman–Crippen MR) is 125 cm³/mol. The van der Waals surface area contributed by atoms with Gasteiger partial charge in [-0.2, -0.15) is 0 Å². The number of hydrogen-bond acceptors (Lipinski definition) is 1. The zero-order valence-corrected chi connectivity index (χ0v) is 18.4. The first-order valence-corrected chi connectivity index (χ1v) is 13.1. The highest BCUT2D eigenvalue weighted by Gasteiger charge is 2.36. The Morgan fingerprint density at radius 2 is 1.14 bits per heavy atom. The van der Waals surface area contributed by atoms with E-state index in [1.165, 1.54) is 24.1 Å². The van der Waals surface area contributed by atoms with Crippen LogP contribution in [0.2, 0.25) is 12.1 Å². The third-order valence-corrected chi connectivity index (χ3v) is 11.2. The Kier molecular flexibility index (Phi) is 7.64. The van der Waals surface area contributed by atoms with Crippen LogP contribution in [0.3, 0.4) is 0 Å². The van der Waals surface area contributed by atoms with E-state index in [0.717, 1.165) is 19.6 Å². The molecule has 3 rings (SSSR count). The van der Waals surface area contributed by atoms with Crippen LogP contribution in [0, 0.1) is 0 Å². The average Bonchev–Trinajstić information content (AvgIpc) is 2.77. The second-order valence-corrected chi connectivity index (χ2v) is 12.0. The number of nitrogens with zero attached hydrogens (tertiary/aromatic N) is 1. The van der Waals surface area contributed by atoms with E-state index in [9.17, 15) is 0 Å². The normalized spacial score (nSPS) is 11.7. The van der Waals surface area contributed by atoms with Gasteiger partial charge in [0.05, 0.1) is 0 Å². The molecule has 1 nitrogen and oxygen atoms in total. The molecule has 28 heavy (non-hydrogen) atoms. The van der Waals surface area contributed by atoms with Crippen molar-refractivity contribution >= 4 is 18.4 Å². The van der Waals surface area contributed by atoms with Gasteiger partial charge < -0.3 is 0 Å². The highest BCUT2D eigenvalue weighted by Crippen LogP contribution is 2.20. The Labute approximate surface area is 172 Å². The van der Waals surface area contributed by atoms with Crippen molar-refractivity contribution in [2.24, 2.45) is 0 Å². The Hall–Kier alpha value is -2.16. The van der Waals surface area contributed by atoms with Gasteiger partial charge >= 0.3 is 0 Å². The molecule has 0 saturated carbocycles. The lowest BCUT2D eigenvalue weighted by Crippen LogP contribution is -2.59. The lowest BCUT2D eigenvalue weighted by molar-refractivity contribution is 0.295. The van der Waals surface area contributed by atoms with Crippen molar-refractivity contribution < 1.29 is 0 Å². The van der Waals surface area contributed by atoms with Gasteiger partial charge in [-0.3, -0.25) is 4.90 Å². The van der Waals surface area contributed by atoms with Gasteiger partial charge in [0, 0.05) is 6.54 Å². The molecule has 0 aliphatic heterocycles. The first-order valence-electron chi connectivity index (χ1n) is 10.7. The molecule has 0 saturated heterocycles. The molecule has 0 aliphatic carbocycles. The van der Waals surface area contributed by atoms with Crippen molar-refractivity contribution in [2.75, 3.05) is 13.1 Å². The Balaban J connectivity index is 1.88. The maximum atomic E-state index is 2.61. The molecule has 0 N–H and O–H groups in total. The number of benzene rings is 3. The Morgan fingerprint density at radius 1 is 0.643 bits per heavy atom. The van der Waals surface area contributed by atoms with Gasteiger partial charge in [0.25, 0.3) is 0 Å². The van der Waals surface area contributed by atoms with Crippen LogP contribution in [0.1, 0.15) is 25.8 Å². The third-order valence-electron chi connectivity index (χ3n) is 5.88. The molecule has 0 heterocycles. The first-order chi connectivity index (χ1) is 13.8. The minimum Gasteiger partial charge on any atom is -0.300 e. The lowest BCUT2D eigenvalue weighted by atomic mass is 10.2. The van der Waals surface area contributed by atoms with Crippen molar-refractivity contribution in [3.05, 3.63) is 96.6 Å². The minimum atomic E-state index is -1.79. The maximum absolute atomic E-state index is 2.61. The smallest absolute Gasteiger partial charge is 0.119 e. The number of hydrogen-bond donors (Lipinski definition) is 0. The molecule has 3 aromatic carbocycles. The minimum absolute atomic E-state index is 1.04. The molecular weight excluding hydrogens is 354 g/mol. The fourth-order valence-corrected chi connectivity index (χ4v) is 9.30. The summed E-state index contributed by atoms with van der Waals surface area (Å²) < 4.78 is 0. The molecule has 0 amide bonds. The van der Waals surface area contributed by atoms with Gasteiger partial charge in [0.2, 0.25) is 0 Å². The van der Waals surface area contributed by atoms with E-state index < -0.39 is 8.07 Å². The van der Waals surface area contributed by atoms with E-state index in [2.05, 4.69) is 110 Å². The summed E-state index contributed by atoms with van der Waals surface area (Å²) in [4.78, 5) is 2.61. The van der Waals surface area contributed by atoms with E-state index in [1.54, 1.807) is 10.4 Å². The van der Waals surface area contributed by atoms with Crippen molar-refractivity contribution in [1.82, 2.24) is 4.90 Å². The molecule has 0 bridgehead atoms. The maximum Gasteiger partial charge on any atom is 0.119 e. The molecule has 0 fully saturated rings. The highest BCUT2D eigenvalue weighted by molar-refractivity contribution is 7.02. The highest BCUT2D eigenvalue weighted by atomic mass is 28.3. The summed E-state index contributed by atoms with van der Waals surface area (Å²) in [6.07, 6.45) is 1.24. The number of rotatable bonds is 10. The summed E-state index contributed by atoms with van der Waals surface area (Å²) >= 11 is 0. The van der Waals surface area contributed by atoms with Gasteiger partial charge in [-0.15, -0.1) is 0 Å². The Morgan fingerprint density at radius 3 is 1.61 bits per heavy atom. The molecule has 2 heteroatoms. The summed E-state index contributed by atoms with van der Waals surface area (Å²) in [5.74, 6) is 0. The van der Waals surface area contributed by atoms with Crippen LogP contribution in [0.15, 0.2) is 91.0 Å². The van der Waals surface area contributed by atoms with E-state index in [0.29, 0.717) is 0 Å². The van der Waals surface area contributed by atoms with Crippen LogP contribution in [0.4, 0.5) is 0 Å². The SMILES string of the molecule is CCC[Si](CCN(CC)Cc1ccccc1)(c1ccccc1)c1ccccc1. The summed E-state index contributed by atoms with van der Waals surface area (Å²) in [5.41, 5.74) is 1.41. The standard InChI is InChI=1S/C26H33NSi/c1-3-21-28(25-16-10-6-11-17-25,26-18-12-7-13-19-26)22-20-27(4-2)23-24-14-8-5-9-15-24/h5-19H,3-4,20-23H2,1-2H3. The summed E-state index contributed by atoms with van der Waals surface area (Å²) in [7, 11) is -1.79. The molecule has 3 aromatic rings. The summed E-state index contributed by atoms with van der Waals surface area (Å²) in [6, 6.07) is 36.1. The van der Waals surface area contributed by atoms with Gasteiger partial charge in [-0.1, -0.05) is 122 Å². The van der Waals surface area contributed by atoms with Crippen LogP contribution in [-0.2, 0) is 6.54 Å². The van der Waals surface area contributed by atoms with Crippen LogP contribution in [-0.4, -0.2) is 26.1 Å². The van der Waals surface area contributed by atoms with E-state index in [-0.39, 0.29) is 0 Å². The average molecular weight is 388 g/mol. The zero-order chi connectivity index (χ0) is 19.7. The van der Waals surface area contributed by atoms with Crippen molar-refractivity contribution in [1.29, 1.82) is 0 Å². The van der Waals surface area contributed by atoms with E-state index in [4.69, 9.17) is 0 Å². The van der Waals surface area contributed by atoms with Crippen LogP contribution >= 0.6 is 0 Å². The van der Waals surface area contributed by atoms with Crippen LogP contribution in [0.25, 0.3) is 0 Å². The van der Waals surface area contributed by atoms with E-state index >= 15 is 0 Å². The molecular formula is C26H33NSi. The topological polar surface area (TPSA) is 3.24 Å². The quantitative estimate of drug-likeness (QED) is 0.433. The monoisotopic (exact) mass is 387 g/mol. The Bertz CT molecular complexity index is 762. The van der Waals surface area contributed by atoms with Gasteiger partial charge in [0.1, 0.15) is 8.07 Å². The van der Waals surface area contributed by atoms with E-state index in [1.807, 2.05) is 0 Å². The zero-order valence-electron chi connectivity index (χ0n) is 17.4. The molecule has 0 radical (unpaired) electrons. The predicted octanol–water partition coefficient (Wildman–Crippen LogP) is 5.18. The molecule has 0 atom stereocenters. The van der Waals surface area contributed by atoms with Gasteiger partial charge in [0.15, 0.2) is 0 Å². The van der Waals surface area contributed by atoms with Gasteiger partial charge in [-0.25, -0.2) is 0 Å². The fraction of sp³-hybridized carbons (Fsp3) is 0.308.